The van der Waals surface area contributed by atoms with Gasteiger partial charge >= 0.3 is 0 Å². The van der Waals surface area contributed by atoms with Crippen LogP contribution in [0.2, 0.25) is 10.0 Å². The molecule has 6 nitrogen and oxygen atoms in total. The number of benzene rings is 2. The van der Waals surface area contributed by atoms with E-state index in [0.29, 0.717) is 42.8 Å². The fraction of sp³-hybridized carbons (Fsp3) is 0.429. The topological polar surface area (TPSA) is 70.1 Å². The molecule has 0 saturated carbocycles. The second-order valence-corrected chi connectivity index (χ2v) is 10.2. The maximum absolute atomic E-state index is 12.7. The molecule has 1 fully saturated rings. The monoisotopic (exact) mass is 472 g/mol. The van der Waals surface area contributed by atoms with E-state index in [1.54, 1.807) is 12.1 Å². The number of aliphatic hydroxyl groups excluding tert-OH is 1. The van der Waals surface area contributed by atoms with Crippen molar-refractivity contribution in [2.45, 2.75) is 24.0 Å². The number of halogens is 2. The molecule has 3 rings (SSSR count). The van der Waals surface area contributed by atoms with Gasteiger partial charge in [-0.25, -0.2) is 8.42 Å². The van der Waals surface area contributed by atoms with E-state index in [2.05, 4.69) is 4.90 Å². The minimum Gasteiger partial charge on any atom is -0.389 e. The lowest BCUT2D eigenvalue weighted by molar-refractivity contribution is -0.0186. The van der Waals surface area contributed by atoms with Crippen molar-refractivity contribution in [3.8, 4) is 0 Å². The summed E-state index contributed by atoms with van der Waals surface area (Å²) >= 11 is 11.7. The molecule has 1 aliphatic rings. The molecule has 0 aliphatic carbocycles. The van der Waals surface area contributed by atoms with Crippen LogP contribution in [0, 0.1) is 0 Å². The summed E-state index contributed by atoms with van der Waals surface area (Å²) in [5.74, 6) is 0. The van der Waals surface area contributed by atoms with Gasteiger partial charge in [-0.2, -0.15) is 4.31 Å². The second kappa shape index (κ2) is 10.4. The molecule has 164 valence electrons. The zero-order valence-electron chi connectivity index (χ0n) is 16.7. The molecule has 2 atom stereocenters. The summed E-state index contributed by atoms with van der Waals surface area (Å²) in [6, 6.07) is 13.6. The lowest BCUT2D eigenvalue weighted by atomic mass is 10.1. The van der Waals surface area contributed by atoms with Gasteiger partial charge in [-0.3, -0.25) is 4.90 Å². The van der Waals surface area contributed by atoms with Crippen molar-refractivity contribution in [1.29, 1.82) is 0 Å². The SMILES string of the molecule is C[C@H](OC[C@@H](O)CN1CCN(S(=O)(=O)c2ccc(Cl)cc2)CC1)c1ccc(Cl)cc1. The van der Waals surface area contributed by atoms with Crippen molar-refractivity contribution in [1.82, 2.24) is 9.21 Å². The average molecular weight is 473 g/mol. The van der Waals surface area contributed by atoms with Gasteiger partial charge in [-0.1, -0.05) is 35.3 Å². The Balaban J connectivity index is 1.44. The molecule has 0 aromatic heterocycles. The molecule has 9 heteroatoms. The molecule has 30 heavy (non-hydrogen) atoms. The van der Waals surface area contributed by atoms with Crippen molar-refractivity contribution in [3.63, 3.8) is 0 Å². The predicted octanol–water partition coefficient (Wildman–Crippen LogP) is 3.44. The largest absolute Gasteiger partial charge is 0.389 e. The molecule has 0 amide bonds. The lowest BCUT2D eigenvalue weighted by Gasteiger charge is -2.35. The van der Waals surface area contributed by atoms with Gasteiger partial charge in [-0.05, 0) is 48.9 Å². The first-order valence-electron chi connectivity index (χ1n) is 9.79. The molecule has 1 heterocycles. The Hall–Kier alpha value is -1.19. The van der Waals surface area contributed by atoms with E-state index >= 15 is 0 Å². The van der Waals surface area contributed by atoms with E-state index in [4.69, 9.17) is 27.9 Å². The van der Waals surface area contributed by atoms with Crippen LogP contribution in [-0.2, 0) is 14.8 Å². The van der Waals surface area contributed by atoms with Crippen molar-refractivity contribution < 1.29 is 18.3 Å². The van der Waals surface area contributed by atoms with E-state index in [0.717, 1.165) is 5.56 Å². The number of rotatable bonds is 8. The van der Waals surface area contributed by atoms with Gasteiger partial charge in [0.05, 0.1) is 23.7 Å². The third kappa shape index (κ3) is 6.17. The lowest BCUT2D eigenvalue weighted by Crippen LogP contribution is -2.50. The van der Waals surface area contributed by atoms with Crippen LogP contribution in [0.15, 0.2) is 53.4 Å². The summed E-state index contributed by atoms with van der Waals surface area (Å²) in [5.41, 5.74) is 0.993. The minimum atomic E-state index is -3.53. The van der Waals surface area contributed by atoms with Crippen molar-refractivity contribution in [2.75, 3.05) is 39.3 Å². The zero-order valence-corrected chi connectivity index (χ0v) is 19.1. The number of β-amino-alcohol motifs (C(OH)–C–C–N with tert-alkyl or cyclic N) is 1. The number of nitrogens with zero attached hydrogens (tertiary/aromatic N) is 2. The van der Waals surface area contributed by atoms with Crippen molar-refractivity contribution in [3.05, 3.63) is 64.1 Å². The first kappa shape index (κ1) is 23.5. The molecule has 2 aromatic rings. The van der Waals surface area contributed by atoms with Gasteiger partial charge in [-0.15, -0.1) is 0 Å². The molecule has 2 aromatic carbocycles. The number of hydrogen-bond acceptors (Lipinski definition) is 5. The summed E-state index contributed by atoms with van der Waals surface area (Å²) in [6.07, 6.45) is -0.808. The quantitative estimate of drug-likeness (QED) is 0.636. The Bertz CT molecular complexity index is 915. The van der Waals surface area contributed by atoms with Gasteiger partial charge in [0.1, 0.15) is 0 Å². The van der Waals surface area contributed by atoms with Crippen molar-refractivity contribution >= 4 is 33.2 Å². The van der Waals surface area contributed by atoms with E-state index in [9.17, 15) is 13.5 Å². The Morgan fingerprint density at radius 2 is 1.50 bits per heavy atom. The third-order valence-electron chi connectivity index (χ3n) is 5.13. The van der Waals surface area contributed by atoms with Gasteiger partial charge in [0.2, 0.25) is 10.0 Å². The highest BCUT2D eigenvalue weighted by Gasteiger charge is 2.29. The second-order valence-electron chi connectivity index (χ2n) is 7.34. The molecular formula is C21H26Cl2N2O4S. The van der Waals surface area contributed by atoms with Crippen molar-refractivity contribution in [2.24, 2.45) is 0 Å². The highest BCUT2D eigenvalue weighted by Crippen LogP contribution is 2.21. The smallest absolute Gasteiger partial charge is 0.243 e. The molecule has 1 saturated heterocycles. The molecule has 0 unspecified atom stereocenters. The average Bonchev–Trinajstić information content (AvgIpc) is 2.73. The van der Waals surface area contributed by atoms with Crippen LogP contribution in [-0.4, -0.2) is 68.2 Å². The van der Waals surface area contributed by atoms with Gasteiger partial charge in [0, 0.05) is 42.8 Å². The summed E-state index contributed by atoms with van der Waals surface area (Å²) in [6.45, 7) is 4.41. The van der Waals surface area contributed by atoms with Crippen LogP contribution in [0.5, 0.6) is 0 Å². The summed E-state index contributed by atoms with van der Waals surface area (Å²) in [4.78, 5) is 2.29. The van der Waals surface area contributed by atoms with E-state index < -0.39 is 16.1 Å². The summed E-state index contributed by atoms with van der Waals surface area (Å²) in [5, 5.41) is 11.5. The van der Waals surface area contributed by atoms with E-state index in [1.807, 2.05) is 31.2 Å². The van der Waals surface area contributed by atoms with Gasteiger partial charge in [0.15, 0.2) is 0 Å². The standard InChI is InChI=1S/C21H26Cl2N2O4S/c1-16(17-2-4-18(22)5-3-17)29-15-20(26)14-24-10-12-25(13-11-24)30(27,28)21-8-6-19(23)7-9-21/h2-9,16,20,26H,10-15H2,1H3/t16-,20-/m0/s1. The van der Waals surface area contributed by atoms with Gasteiger partial charge < -0.3 is 9.84 Å². The van der Waals surface area contributed by atoms with Crippen LogP contribution in [0.25, 0.3) is 0 Å². The number of aliphatic hydroxyl groups is 1. The fourth-order valence-corrected chi connectivity index (χ4v) is 5.02. The summed E-state index contributed by atoms with van der Waals surface area (Å²) < 4.78 is 32.7. The molecule has 0 radical (unpaired) electrons. The Labute approximate surface area is 188 Å². The van der Waals surface area contributed by atoms with Crippen LogP contribution in [0.4, 0.5) is 0 Å². The Morgan fingerprint density at radius 3 is 2.07 bits per heavy atom. The Morgan fingerprint density at radius 1 is 0.967 bits per heavy atom. The highest BCUT2D eigenvalue weighted by molar-refractivity contribution is 7.89. The minimum absolute atomic E-state index is 0.154. The first-order valence-corrected chi connectivity index (χ1v) is 12.0. The van der Waals surface area contributed by atoms with Gasteiger partial charge in [0.25, 0.3) is 0 Å². The van der Waals surface area contributed by atoms with Crippen LogP contribution in [0.3, 0.4) is 0 Å². The number of sulfonamides is 1. The zero-order chi connectivity index (χ0) is 21.7. The maximum atomic E-state index is 12.7. The normalized spacial score (nSPS) is 18.3. The molecular weight excluding hydrogens is 447 g/mol. The third-order valence-corrected chi connectivity index (χ3v) is 7.55. The summed E-state index contributed by atoms with van der Waals surface area (Å²) in [7, 11) is -3.53. The number of ether oxygens (including phenoxy) is 1. The highest BCUT2D eigenvalue weighted by atomic mass is 35.5. The number of piperazine rings is 1. The Kier molecular flexibility index (Phi) is 8.15. The first-order chi connectivity index (χ1) is 14.3. The van der Waals surface area contributed by atoms with Crippen LogP contribution in [0.1, 0.15) is 18.6 Å². The van der Waals surface area contributed by atoms with E-state index in [-0.39, 0.29) is 17.6 Å². The molecule has 1 aliphatic heterocycles. The fourth-order valence-electron chi connectivity index (χ4n) is 3.34. The molecule has 1 N–H and O–H groups in total. The molecule has 0 bridgehead atoms. The maximum Gasteiger partial charge on any atom is 0.243 e. The van der Waals surface area contributed by atoms with Crippen LogP contribution >= 0.6 is 23.2 Å². The number of hydrogen-bond donors (Lipinski definition) is 1. The molecule has 0 spiro atoms. The van der Waals surface area contributed by atoms with E-state index in [1.165, 1.54) is 16.4 Å². The van der Waals surface area contributed by atoms with Crippen LogP contribution < -0.4 is 0 Å². The predicted molar refractivity (Wildman–Crippen MR) is 118 cm³/mol.